The van der Waals surface area contributed by atoms with Crippen LogP contribution in [0, 0.1) is 5.41 Å². The number of rotatable bonds is 1. The highest BCUT2D eigenvalue weighted by atomic mass is 16.5. The third-order valence-electron chi connectivity index (χ3n) is 7.59. The van der Waals surface area contributed by atoms with E-state index < -0.39 is 0 Å². The molecule has 2 aliphatic rings. The molecule has 0 radical (unpaired) electrons. The van der Waals surface area contributed by atoms with Crippen molar-refractivity contribution in [1.29, 1.82) is 0 Å². The largest absolute Gasteiger partial charge is 0.493 e. The third-order valence-corrected chi connectivity index (χ3v) is 7.59. The van der Waals surface area contributed by atoms with Gasteiger partial charge in [0.1, 0.15) is 5.75 Å². The number of aromatic nitrogens is 2. The zero-order chi connectivity index (χ0) is 24.1. The van der Waals surface area contributed by atoms with Crippen LogP contribution < -0.4 is 4.74 Å². The lowest BCUT2D eigenvalue weighted by atomic mass is 9.75. The number of H-pyrrole nitrogens is 1. The van der Waals surface area contributed by atoms with E-state index in [-0.39, 0.29) is 11.3 Å². The van der Waals surface area contributed by atoms with Gasteiger partial charge in [-0.05, 0) is 57.0 Å². The number of likely N-dealkylation sites (tertiary alicyclic amines) is 1. The Labute approximate surface area is 207 Å². The number of nitrogens with one attached hydrogen (secondary N) is 1. The maximum absolute atomic E-state index is 13.2. The minimum Gasteiger partial charge on any atom is -0.493 e. The van der Waals surface area contributed by atoms with Gasteiger partial charge in [-0.15, -0.1) is 0 Å². The number of ether oxygens (including phenoxy) is 2. The molecule has 2 aliphatic heterocycles. The number of imidazole rings is 1. The highest BCUT2D eigenvalue weighted by Gasteiger charge is 2.37. The fourth-order valence-electron chi connectivity index (χ4n) is 5.30. The molecule has 0 unspecified atom stereocenters. The van der Waals surface area contributed by atoms with Crippen LogP contribution in [0.25, 0.3) is 11.0 Å². The smallest absolute Gasteiger partial charge is 0.253 e. The SMILES string of the molecule is CN1CCOCCCCC2(CCN(C(=O)c3ccc4nc[nH]c4c3)CC2)COc2ccccc2C1. The van der Waals surface area contributed by atoms with Gasteiger partial charge in [-0.1, -0.05) is 24.6 Å². The van der Waals surface area contributed by atoms with Crippen molar-refractivity contribution in [2.24, 2.45) is 5.41 Å². The van der Waals surface area contributed by atoms with Crippen molar-refractivity contribution in [3.8, 4) is 5.75 Å². The second-order valence-corrected chi connectivity index (χ2v) is 10.1. The quantitative estimate of drug-likeness (QED) is 0.560. The Morgan fingerprint density at radius 1 is 1.03 bits per heavy atom. The van der Waals surface area contributed by atoms with Gasteiger partial charge in [-0.2, -0.15) is 0 Å². The number of hydrogen-bond donors (Lipinski definition) is 1. The normalized spacial score (nSPS) is 20.2. The van der Waals surface area contributed by atoms with E-state index in [1.54, 1.807) is 6.33 Å². The molecule has 0 saturated carbocycles. The summed E-state index contributed by atoms with van der Waals surface area (Å²) in [6, 6.07) is 14.1. The van der Waals surface area contributed by atoms with Gasteiger partial charge in [-0.3, -0.25) is 9.69 Å². The van der Waals surface area contributed by atoms with Crippen LogP contribution in [0.15, 0.2) is 48.8 Å². The van der Waals surface area contributed by atoms with E-state index in [0.717, 1.165) is 93.8 Å². The van der Waals surface area contributed by atoms with Crippen molar-refractivity contribution < 1.29 is 14.3 Å². The summed E-state index contributed by atoms with van der Waals surface area (Å²) in [5.74, 6) is 1.07. The van der Waals surface area contributed by atoms with Gasteiger partial charge in [0.15, 0.2) is 0 Å². The predicted octanol–water partition coefficient (Wildman–Crippen LogP) is 4.50. The standard InChI is InChI=1S/C28H36N4O3/c1-31-15-17-34-16-5-4-10-28(20-35-26-7-3-2-6-23(26)19-31)11-13-32(14-12-28)27(33)22-8-9-24-25(18-22)30-21-29-24/h2-3,6-9,18,21H,4-5,10-17,19-20H2,1H3,(H,29,30). The van der Waals surface area contributed by atoms with Crippen LogP contribution in [0.1, 0.15) is 48.0 Å². The lowest BCUT2D eigenvalue weighted by Crippen LogP contribution is -2.45. The monoisotopic (exact) mass is 476 g/mol. The molecule has 3 heterocycles. The van der Waals surface area contributed by atoms with Crippen LogP contribution in [0.4, 0.5) is 0 Å². The van der Waals surface area contributed by atoms with Gasteiger partial charge >= 0.3 is 0 Å². The van der Waals surface area contributed by atoms with Gasteiger partial charge in [-0.25, -0.2) is 4.98 Å². The van der Waals surface area contributed by atoms with Crippen LogP contribution >= 0.6 is 0 Å². The van der Waals surface area contributed by atoms with Crippen LogP contribution in [0.5, 0.6) is 5.75 Å². The average molecular weight is 477 g/mol. The minimum absolute atomic E-state index is 0.0766. The van der Waals surface area contributed by atoms with Crippen molar-refractivity contribution in [3.63, 3.8) is 0 Å². The average Bonchev–Trinajstić information content (AvgIpc) is 3.35. The molecule has 7 heteroatoms. The van der Waals surface area contributed by atoms with Gasteiger partial charge in [0.25, 0.3) is 5.91 Å². The Balaban J connectivity index is 1.28. The third kappa shape index (κ3) is 5.68. The van der Waals surface area contributed by atoms with Gasteiger partial charge in [0.2, 0.25) is 0 Å². The molecular formula is C28H36N4O3. The summed E-state index contributed by atoms with van der Waals surface area (Å²) in [6.07, 6.45) is 6.85. The Hall–Kier alpha value is -2.90. The zero-order valence-electron chi connectivity index (χ0n) is 20.7. The Morgan fingerprint density at radius 3 is 2.77 bits per heavy atom. The van der Waals surface area contributed by atoms with Gasteiger partial charge in [0.05, 0.1) is 30.6 Å². The number of amides is 1. The lowest BCUT2D eigenvalue weighted by molar-refractivity contribution is 0.0333. The molecule has 1 fully saturated rings. The first-order chi connectivity index (χ1) is 17.1. The Bertz CT molecular complexity index is 1140. The van der Waals surface area contributed by atoms with E-state index in [1.165, 1.54) is 5.56 Å². The van der Waals surface area contributed by atoms with Gasteiger partial charge in [0, 0.05) is 49.3 Å². The number of fused-ring (bicyclic) bond motifs is 2. The fourth-order valence-corrected chi connectivity index (χ4v) is 5.30. The van der Waals surface area contributed by atoms with Crippen molar-refractivity contribution in [2.75, 3.05) is 46.5 Å². The van der Waals surface area contributed by atoms with Crippen LogP contribution in [-0.2, 0) is 11.3 Å². The van der Waals surface area contributed by atoms with Crippen molar-refractivity contribution in [2.45, 2.75) is 38.6 Å². The van der Waals surface area contributed by atoms with Crippen LogP contribution in [-0.4, -0.2) is 72.2 Å². The summed E-state index contributed by atoms with van der Waals surface area (Å²) in [5.41, 5.74) is 3.79. The first-order valence-corrected chi connectivity index (χ1v) is 12.8. The zero-order valence-corrected chi connectivity index (χ0v) is 20.7. The maximum atomic E-state index is 13.2. The van der Waals surface area contributed by atoms with Crippen LogP contribution in [0.3, 0.4) is 0 Å². The number of likely N-dealkylation sites (N-methyl/N-ethyl adjacent to an activating group) is 1. The van der Waals surface area contributed by atoms with E-state index in [4.69, 9.17) is 9.47 Å². The van der Waals surface area contributed by atoms with E-state index in [0.29, 0.717) is 6.61 Å². The van der Waals surface area contributed by atoms with E-state index in [1.807, 2.05) is 23.1 Å². The van der Waals surface area contributed by atoms with E-state index >= 15 is 0 Å². The summed E-state index contributed by atoms with van der Waals surface area (Å²) < 4.78 is 12.4. The molecule has 0 aliphatic carbocycles. The molecular weight excluding hydrogens is 440 g/mol. The second kappa shape index (κ2) is 10.8. The van der Waals surface area contributed by atoms with Crippen molar-refractivity contribution in [3.05, 3.63) is 59.9 Å². The first kappa shape index (κ1) is 23.8. The molecule has 0 bridgehead atoms. The lowest BCUT2D eigenvalue weighted by Gasteiger charge is -2.42. The Kier molecular flexibility index (Phi) is 7.35. The molecule has 2 aromatic carbocycles. The molecule has 7 nitrogen and oxygen atoms in total. The highest BCUT2D eigenvalue weighted by molar-refractivity contribution is 5.97. The molecule has 5 rings (SSSR count). The molecule has 1 aromatic heterocycles. The molecule has 1 N–H and O–H groups in total. The number of aromatic amines is 1. The molecule has 3 aromatic rings. The molecule has 1 spiro atoms. The van der Waals surface area contributed by atoms with Crippen LogP contribution in [0.2, 0.25) is 0 Å². The summed E-state index contributed by atoms with van der Waals surface area (Å²) in [7, 11) is 2.13. The number of hydrogen-bond acceptors (Lipinski definition) is 5. The highest BCUT2D eigenvalue weighted by Crippen LogP contribution is 2.38. The number of benzene rings is 2. The number of piperidine rings is 1. The van der Waals surface area contributed by atoms with Gasteiger partial charge < -0.3 is 19.4 Å². The molecule has 35 heavy (non-hydrogen) atoms. The van der Waals surface area contributed by atoms with E-state index in [9.17, 15) is 4.79 Å². The summed E-state index contributed by atoms with van der Waals surface area (Å²) >= 11 is 0. The topological polar surface area (TPSA) is 70.7 Å². The van der Waals surface area contributed by atoms with Crippen molar-refractivity contribution in [1.82, 2.24) is 19.8 Å². The number of carbonyl (C=O) groups excluding carboxylic acids is 1. The minimum atomic E-state index is 0.0766. The second-order valence-electron chi connectivity index (χ2n) is 10.1. The summed E-state index contributed by atoms with van der Waals surface area (Å²) in [5, 5.41) is 0. The molecule has 1 amide bonds. The van der Waals surface area contributed by atoms with E-state index in [2.05, 4.69) is 46.2 Å². The first-order valence-electron chi connectivity index (χ1n) is 12.8. The summed E-state index contributed by atoms with van der Waals surface area (Å²) in [6.45, 7) is 5.52. The molecule has 1 saturated heterocycles. The summed E-state index contributed by atoms with van der Waals surface area (Å²) in [4.78, 5) is 24.9. The fraction of sp³-hybridized carbons (Fsp3) is 0.500. The maximum Gasteiger partial charge on any atom is 0.253 e. The molecule has 186 valence electrons. The molecule has 0 atom stereocenters. The number of para-hydroxylation sites is 1. The number of nitrogens with zero attached hydrogens (tertiary/aromatic N) is 3. The number of carbonyl (C=O) groups is 1. The predicted molar refractivity (Wildman–Crippen MR) is 137 cm³/mol. The van der Waals surface area contributed by atoms with Crippen molar-refractivity contribution >= 4 is 16.9 Å². The Morgan fingerprint density at radius 2 is 1.89 bits per heavy atom.